The number of halogens is 1. The summed E-state index contributed by atoms with van der Waals surface area (Å²) in [5.41, 5.74) is 1.83. The molecular formula is C11H10BrNO2. The first kappa shape index (κ1) is 10.2. The van der Waals surface area contributed by atoms with Crippen LogP contribution in [0.1, 0.15) is 5.89 Å². The molecule has 3 nitrogen and oxygen atoms in total. The number of hydrogen-bond donors (Lipinski definition) is 0. The summed E-state index contributed by atoms with van der Waals surface area (Å²) in [6, 6.07) is 5.79. The van der Waals surface area contributed by atoms with E-state index in [4.69, 9.17) is 9.15 Å². The molecule has 2 rings (SSSR count). The van der Waals surface area contributed by atoms with Gasteiger partial charge in [0.1, 0.15) is 17.7 Å². The Morgan fingerprint density at radius 1 is 1.40 bits per heavy atom. The Bertz CT molecular complexity index is 479. The van der Waals surface area contributed by atoms with Crippen LogP contribution in [0.3, 0.4) is 0 Å². The Labute approximate surface area is 96.2 Å². The summed E-state index contributed by atoms with van der Waals surface area (Å²) in [5, 5.41) is 0. The van der Waals surface area contributed by atoms with Crippen molar-refractivity contribution >= 4 is 15.9 Å². The topological polar surface area (TPSA) is 35.3 Å². The highest BCUT2D eigenvalue weighted by molar-refractivity contribution is 9.10. The monoisotopic (exact) mass is 267 g/mol. The fourth-order valence-corrected chi connectivity index (χ4v) is 1.86. The number of rotatable bonds is 2. The Morgan fingerprint density at radius 3 is 2.73 bits per heavy atom. The zero-order valence-corrected chi connectivity index (χ0v) is 10.0. The molecule has 1 aromatic heterocycles. The molecule has 2 aromatic rings. The predicted molar refractivity (Wildman–Crippen MR) is 60.9 cm³/mol. The number of ether oxygens (including phenoxy) is 1. The van der Waals surface area contributed by atoms with Crippen molar-refractivity contribution in [3.63, 3.8) is 0 Å². The van der Waals surface area contributed by atoms with Crippen molar-refractivity contribution in [2.24, 2.45) is 0 Å². The molecule has 0 radical (unpaired) electrons. The van der Waals surface area contributed by atoms with Crippen molar-refractivity contribution in [2.75, 3.05) is 7.11 Å². The van der Waals surface area contributed by atoms with Gasteiger partial charge in [-0.25, -0.2) is 4.98 Å². The molecule has 0 atom stereocenters. The largest absolute Gasteiger partial charge is 0.496 e. The predicted octanol–water partition coefficient (Wildman–Crippen LogP) is 3.42. The number of hydrogen-bond acceptors (Lipinski definition) is 3. The highest BCUT2D eigenvalue weighted by atomic mass is 79.9. The van der Waals surface area contributed by atoms with Crippen molar-refractivity contribution in [3.8, 4) is 17.0 Å². The lowest BCUT2D eigenvalue weighted by Crippen LogP contribution is -1.85. The quantitative estimate of drug-likeness (QED) is 0.837. The standard InChI is InChI=1S/C11H10BrNO2/c1-7-13-10(6-15-7)8-3-4-11(14-2)9(12)5-8/h3-6H,1-2H3. The van der Waals surface area contributed by atoms with Crippen LogP contribution in [-0.4, -0.2) is 12.1 Å². The van der Waals surface area contributed by atoms with Crippen LogP contribution in [0.15, 0.2) is 33.4 Å². The van der Waals surface area contributed by atoms with Gasteiger partial charge in [0.15, 0.2) is 5.89 Å². The first-order chi connectivity index (χ1) is 7.20. The molecule has 1 heterocycles. The summed E-state index contributed by atoms with van der Waals surface area (Å²) in [4.78, 5) is 4.25. The molecule has 0 aliphatic heterocycles. The number of nitrogens with zero attached hydrogens (tertiary/aromatic N) is 1. The van der Waals surface area contributed by atoms with E-state index in [1.807, 2.05) is 25.1 Å². The summed E-state index contributed by atoms with van der Waals surface area (Å²) in [6.07, 6.45) is 1.64. The van der Waals surface area contributed by atoms with Crippen LogP contribution >= 0.6 is 15.9 Å². The van der Waals surface area contributed by atoms with Crippen molar-refractivity contribution in [1.29, 1.82) is 0 Å². The van der Waals surface area contributed by atoms with E-state index in [-0.39, 0.29) is 0 Å². The minimum Gasteiger partial charge on any atom is -0.496 e. The first-order valence-corrected chi connectivity index (χ1v) is 5.26. The second kappa shape index (κ2) is 4.06. The maximum atomic E-state index is 5.16. The lowest BCUT2D eigenvalue weighted by Gasteiger charge is -2.03. The average molecular weight is 268 g/mol. The van der Waals surface area contributed by atoms with Crippen LogP contribution < -0.4 is 4.74 Å². The molecule has 0 N–H and O–H groups in total. The van der Waals surface area contributed by atoms with Gasteiger partial charge in [0.2, 0.25) is 0 Å². The number of benzene rings is 1. The zero-order chi connectivity index (χ0) is 10.8. The molecule has 0 amide bonds. The second-order valence-electron chi connectivity index (χ2n) is 3.10. The van der Waals surface area contributed by atoms with Crippen LogP contribution in [-0.2, 0) is 0 Å². The molecule has 0 bridgehead atoms. The van der Waals surface area contributed by atoms with Crippen molar-refractivity contribution in [2.45, 2.75) is 6.92 Å². The smallest absolute Gasteiger partial charge is 0.191 e. The van der Waals surface area contributed by atoms with Crippen molar-refractivity contribution < 1.29 is 9.15 Å². The van der Waals surface area contributed by atoms with Crippen LogP contribution in [0.5, 0.6) is 5.75 Å². The molecule has 0 spiro atoms. The van der Waals surface area contributed by atoms with Crippen LogP contribution in [0.4, 0.5) is 0 Å². The van der Waals surface area contributed by atoms with E-state index in [1.54, 1.807) is 13.4 Å². The van der Waals surface area contributed by atoms with Gasteiger partial charge in [-0.15, -0.1) is 0 Å². The third-order valence-electron chi connectivity index (χ3n) is 2.07. The highest BCUT2D eigenvalue weighted by Gasteiger charge is 2.06. The van der Waals surface area contributed by atoms with Gasteiger partial charge in [-0.05, 0) is 34.1 Å². The summed E-state index contributed by atoms with van der Waals surface area (Å²) >= 11 is 3.43. The van der Waals surface area contributed by atoms with Crippen molar-refractivity contribution in [1.82, 2.24) is 4.98 Å². The maximum absolute atomic E-state index is 5.16. The van der Waals surface area contributed by atoms with Gasteiger partial charge in [0.25, 0.3) is 0 Å². The Balaban J connectivity index is 2.42. The lowest BCUT2D eigenvalue weighted by atomic mass is 10.2. The van der Waals surface area contributed by atoms with Crippen LogP contribution in [0.2, 0.25) is 0 Å². The van der Waals surface area contributed by atoms with E-state index in [1.165, 1.54) is 0 Å². The van der Waals surface area contributed by atoms with Crippen LogP contribution in [0.25, 0.3) is 11.3 Å². The molecular weight excluding hydrogens is 258 g/mol. The van der Waals surface area contributed by atoms with Gasteiger partial charge >= 0.3 is 0 Å². The summed E-state index contributed by atoms with van der Waals surface area (Å²) in [7, 11) is 1.64. The van der Waals surface area contributed by atoms with Crippen molar-refractivity contribution in [3.05, 3.63) is 34.8 Å². The van der Waals surface area contributed by atoms with E-state index in [0.29, 0.717) is 5.89 Å². The number of methoxy groups -OCH3 is 1. The molecule has 0 fully saturated rings. The minimum atomic E-state index is 0.664. The Morgan fingerprint density at radius 2 is 2.20 bits per heavy atom. The lowest BCUT2D eigenvalue weighted by molar-refractivity contribution is 0.412. The van der Waals surface area contributed by atoms with Gasteiger partial charge in [-0.1, -0.05) is 0 Å². The van der Waals surface area contributed by atoms with Gasteiger partial charge in [-0.3, -0.25) is 0 Å². The number of aromatic nitrogens is 1. The molecule has 0 unspecified atom stereocenters. The van der Waals surface area contributed by atoms with E-state index in [2.05, 4.69) is 20.9 Å². The number of aryl methyl sites for hydroxylation is 1. The Kier molecular flexibility index (Phi) is 2.77. The second-order valence-corrected chi connectivity index (χ2v) is 3.96. The van der Waals surface area contributed by atoms with E-state index in [9.17, 15) is 0 Å². The van der Waals surface area contributed by atoms with E-state index in [0.717, 1.165) is 21.5 Å². The van der Waals surface area contributed by atoms with E-state index >= 15 is 0 Å². The van der Waals surface area contributed by atoms with Gasteiger partial charge in [-0.2, -0.15) is 0 Å². The molecule has 78 valence electrons. The first-order valence-electron chi connectivity index (χ1n) is 4.47. The SMILES string of the molecule is COc1ccc(-c2coc(C)n2)cc1Br. The van der Waals surface area contributed by atoms with Gasteiger partial charge in [0.05, 0.1) is 11.6 Å². The maximum Gasteiger partial charge on any atom is 0.191 e. The van der Waals surface area contributed by atoms with E-state index < -0.39 is 0 Å². The van der Waals surface area contributed by atoms with Gasteiger partial charge < -0.3 is 9.15 Å². The molecule has 0 saturated heterocycles. The fourth-order valence-electron chi connectivity index (χ4n) is 1.32. The summed E-state index contributed by atoms with van der Waals surface area (Å²) in [5.74, 6) is 1.47. The highest BCUT2D eigenvalue weighted by Crippen LogP contribution is 2.29. The normalized spacial score (nSPS) is 10.3. The van der Waals surface area contributed by atoms with Crippen LogP contribution in [0, 0.1) is 6.92 Å². The molecule has 0 saturated carbocycles. The third-order valence-corrected chi connectivity index (χ3v) is 2.69. The molecule has 0 aliphatic carbocycles. The Hall–Kier alpha value is -1.29. The molecule has 4 heteroatoms. The third kappa shape index (κ3) is 2.04. The number of oxazole rings is 1. The average Bonchev–Trinajstić information content (AvgIpc) is 2.65. The van der Waals surface area contributed by atoms with Gasteiger partial charge in [0, 0.05) is 12.5 Å². The minimum absolute atomic E-state index is 0.664. The summed E-state index contributed by atoms with van der Waals surface area (Å²) in [6.45, 7) is 1.82. The summed E-state index contributed by atoms with van der Waals surface area (Å²) < 4.78 is 11.2. The zero-order valence-electron chi connectivity index (χ0n) is 8.45. The molecule has 0 aliphatic rings. The molecule has 1 aromatic carbocycles. The molecule has 15 heavy (non-hydrogen) atoms. The fraction of sp³-hybridized carbons (Fsp3) is 0.182.